The van der Waals surface area contributed by atoms with Crippen molar-refractivity contribution in [3.8, 4) is 28.7 Å². The summed E-state index contributed by atoms with van der Waals surface area (Å²) in [4.78, 5) is 9.76. The van der Waals surface area contributed by atoms with Gasteiger partial charge in [-0.15, -0.1) is 0 Å². The first kappa shape index (κ1) is 29.9. The minimum Gasteiger partial charge on any atom is -0.456 e. The monoisotopic (exact) mass is 649 g/mol. The van der Waals surface area contributed by atoms with Crippen molar-refractivity contribution in [2.75, 3.05) is 0 Å². The fourth-order valence-electron chi connectivity index (χ4n) is 6.28. The summed E-state index contributed by atoms with van der Waals surface area (Å²) in [5.41, 5.74) is 6.13. The van der Waals surface area contributed by atoms with E-state index in [0.717, 1.165) is 44.7 Å². The number of hydrogen-bond donors (Lipinski definition) is 0. The number of rotatable bonds is 7. The smallest absolute Gasteiger partial charge is 0.268 e. The third-order valence-electron chi connectivity index (χ3n) is 8.70. The number of aromatic nitrogens is 5. The highest BCUT2D eigenvalue weighted by atomic mass is 16.5. The molecule has 0 unspecified atom stereocenters. The van der Waals surface area contributed by atoms with Crippen LogP contribution in [-0.4, -0.2) is 19.1 Å². The third-order valence-corrected chi connectivity index (χ3v) is 8.70. The molecule has 3 aromatic carbocycles. The number of fused-ring (bicyclic) bond motifs is 3. The first-order chi connectivity index (χ1) is 24.1. The average Bonchev–Trinajstić information content (AvgIpc) is 3.71. The van der Waals surface area contributed by atoms with Gasteiger partial charge in [-0.1, -0.05) is 91.3 Å². The minimum absolute atomic E-state index is 0.0178. The zero-order valence-corrected chi connectivity index (χ0v) is 29.6. The molecular weight excluding hydrogens is 603 g/mol. The Labute approximate surface area is 292 Å². The maximum atomic E-state index is 8.58. The van der Waals surface area contributed by atoms with Gasteiger partial charge in [-0.2, -0.15) is 0 Å². The van der Waals surface area contributed by atoms with Gasteiger partial charge >= 0.3 is 0 Å². The van der Waals surface area contributed by atoms with Gasteiger partial charge in [0.25, 0.3) is 6.33 Å². The van der Waals surface area contributed by atoms with Gasteiger partial charge in [0.2, 0.25) is 0 Å². The van der Waals surface area contributed by atoms with Crippen molar-refractivity contribution in [2.45, 2.75) is 72.6 Å². The molecule has 0 aliphatic rings. The number of imidazole rings is 1. The van der Waals surface area contributed by atoms with E-state index in [4.69, 9.17) is 17.4 Å². The normalized spacial score (nSPS) is 13.2. The first-order valence-corrected chi connectivity index (χ1v) is 16.9. The second-order valence-electron chi connectivity index (χ2n) is 15.1. The van der Waals surface area contributed by atoms with Crippen LogP contribution in [0.2, 0.25) is 0 Å². The van der Waals surface area contributed by atoms with Gasteiger partial charge in [0, 0.05) is 49.8 Å². The van der Waals surface area contributed by atoms with Crippen LogP contribution < -0.4 is 9.30 Å². The Kier molecular flexibility index (Phi) is 7.52. The molecule has 4 heterocycles. The standard InChI is InChI=1S/C43H45N5O/c1-29(2)22-30-12-11-13-32(23-30)46-20-21-47(28-46)33-25-39(41(45-27-33)43(6,7)8)49-34-16-17-36-35-14-9-10-15-37(35)48(38(36)26-34)40-24-31(18-19-44-40)42(3,4)5/h9-21,23-27,29H,22H2,1-8H3/i22D2. The van der Waals surface area contributed by atoms with Crippen LogP contribution in [0.25, 0.3) is 39.0 Å². The van der Waals surface area contributed by atoms with Crippen molar-refractivity contribution in [1.29, 1.82) is 0 Å². The highest BCUT2D eigenvalue weighted by Crippen LogP contribution is 2.38. The predicted octanol–water partition coefficient (Wildman–Crippen LogP) is 10.0. The average molecular weight is 650 g/mol. The number of benzene rings is 3. The molecule has 49 heavy (non-hydrogen) atoms. The van der Waals surface area contributed by atoms with Gasteiger partial charge in [0.05, 0.1) is 28.1 Å². The number of pyridine rings is 2. The molecule has 0 fully saturated rings. The molecule has 6 nitrogen and oxygen atoms in total. The Hall–Kier alpha value is -5.23. The Balaban J connectivity index is 1.29. The van der Waals surface area contributed by atoms with Crippen molar-refractivity contribution in [3.63, 3.8) is 0 Å². The summed E-state index contributed by atoms with van der Waals surface area (Å²) < 4.78 is 29.9. The lowest BCUT2D eigenvalue weighted by molar-refractivity contribution is -0.599. The largest absolute Gasteiger partial charge is 0.456 e. The molecule has 0 N–H and O–H groups in total. The predicted molar refractivity (Wildman–Crippen MR) is 199 cm³/mol. The summed E-state index contributed by atoms with van der Waals surface area (Å²) in [6.07, 6.45) is 9.52. The molecule has 7 rings (SSSR count). The van der Waals surface area contributed by atoms with Gasteiger partial charge in [0.15, 0.2) is 0 Å². The van der Waals surface area contributed by atoms with Crippen LogP contribution in [0, 0.1) is 12.2 Å². The van der Waals surface area contributed by atoms with Gasteiger partial charge in [0.1, 0.15) is 17.3 Å². The van der Waals surface area contributed by atoms with E-state index in [1.165, 1.54) is 5.56 Å². The summed E-state index contributed by atoms with van der Waals surface area (Å²) in [6.45, 7) is 16.9. The molecule has 6 heteroatoms. The first-order valence-electron chi connectivity index (χ1n) is 17.9. The number of para-hydroxylation sites is 1. The third kappa shape index (κ3) is 6.48. The number of nitrogens with zero attached hydrogens (tertiary/aromatic N) is 5. The van der Waals surface area contributed by atoms with E-state index < -0.39 is 6.37 Å². The molecule has 0 saturated heterocycles. The second kappa shape index (κ2) is 12.3. The van der Waals surface area contributed by atoms with Crippen LogP contribution in [0.5, 0.6) is 11.5 Å². The Morgan fingerprint density at radius 1 is 0.837 bits per heavy atom. The molecule has 248 valence electrons. The minimum atomic E-state index is -1.44. The molecule has 0 saturated carbocycles. The Morgan fingerprint density at radius 3 is 2.41 bits per heavy atom. The van der Waals surface area contributed by atoms with Crippen molar-refractivity contribution in [2.24, 2.45) is 5.92 Å². The summed E-state index contributed by atoms with van der Waals surface area (Å²) in [5.74, 6) is 2.08. The van der Waals surface area contributed by atoms with E-state index in [1.54, 1.807) is 0 Å². The zero-order chi connectivity index (χ0) is 36.3. The fraction of sp³-hybridized carbons (Fsp3) is 0.279. The van der Waals surface area contributed by atoms with E-state index >= 15 is 0 Å². The number of hydrogen-bond acceptors (Lipinski definition) is 3. The second-order valence-corrected chi connectivity index (χ2v) is 15.1. The van der Waals surface area contributed by atoms with Crippen LogP contribution in [0.15, 0.2) is 110 Å². The molecule has 0 amide bonds. The van der Waals surface area contributed by atoms with Crippen molar-refractivity contribution < 1.29 is 12.0 Å². The van der Waals surface area contributed by atoms with Crippen LogP contribution in [0.4, 0.5) is 0 Å². The highest BCUT2D eigenvalue weighted by molar-refractivity contribution is 6.09. The van der Waals surface area contributed by atoms with E-state index in [2.05, 4.69) is 101 Å². The number of ether oxygens (including phenoxy) is 1. The van der Waals surface area contributed by atoms with E-state index in [-0.39, 0.29) is 16.7 Å². The molecule has 7 aromatic rings. The maximum Gasteiger partial charge on any atom is 0.268 e. The Bertz CT molecular complexity index is 2390. The lowest BCUT2D eigenvalue weighted by Gasteiger charge is -2.22. The molecule has 0 aliphatic heterocycles. The fourth-order valence-corrected chi connectivity index (χ4v) is 6.28. The molecule has 0 spiro atoms. The molecule has 0 bridgehead atoms. The Morgan fingerprint density at radius 2 is 1.63 bits per heavy atom. The lowest BCUT2D eigenvalue weighted by Crippen LogP contribution is -2.28. The van der Waals surface area contributed by atoms with Crippen molar-refractivity contribution in [1.82, 2.24) is 19.1 Å². The van der Waals surface area contributed by atoms with Crippen LogP contribution in [0.3, 0.4) is 0 Å². The summed E-state index contributed by atoms with van der Waals surface area (Å²) >= 11 is 0. The molecule has 0 aliphatic carbocycles. The summed E-state index contributed by atoms with van der Waals surface area (Å²) in [6, 6.07) is 28.6. The van der Waals surface area contributed by atoms with Crippen LogP contribution >= 0.6 is 0 Å². The van der Waals surface area contributed by atoms with Crippen LogP contribution in [-0.2, 0) is 17.2 Å². The quantitative estimate of drug-likeness (QED) is 0.128. The lowest BCUT2D eigenvalue weighted by atomic mass is 9.88. The van der Waals surface area contributed by atoms with Gasteiger partial charge < -0.3 is 4.74 Å². The van der Waals surface area contributed by atoms with Gasteiger partial charge in [-0.3, -0.25) is 18.7 Å². The molecular formula is C43H45N5O. The maximum absolute atomic E-state index is 8.58. The summed E-state index contributed by atoms with van der Waals surface area (Å²) in [7, 11) is 0. The van der Waals surface area contributed by atoms with Crippen LogP contribution in [0.1, 0.15) is 75.0 Å². The van der Waals surface area contributed by atoms with Gasteiger partial charge in [-0.25, -0.2) is 4.98 Å². The molecule has 4 aromatic heterocycles. The molecule has 0 atom stereocenters. The van der Waals surface area contributed by atoms with Crippen molar-refractivity contribution >= 4 is 21.8 Å². The highest BCUT2D eigenvalue weighted by Gasteiger charge is 2.23. The molecule has 0 radical (unpaired) electrons. The topological polar surface area (TPSA) is 48.8 Å². The van der Waals surface area contributed by atoms with E-state index in [0.29, 0.717) is 17.1 Å². The zero-order valence-electron chi connectivity index (χ0n) is 31.6. The van der Waals surface area contributed by atoms with Gasteiger partial charge in [-0.05, 0) is 71.8 Å². The summed E-state index contributed by atoms with van der Waals surface area (Å²) in [5, 5.41) is 2.28. The van der Waals surface area contributed by atoms with Crippen molar-refractivity contribution in [3.05, 3.63) is 133 Å². The van der Waals surface area contributed by atoms with E-state index in [1.807, 2.05) is 84.2 Å². The SMILES string of the molecule is [2H]C([2H])(c1cccc(-[n+]2[c-]n(-c3cnc(C(C)(C)C)c(Oc4ccc5c6ccccc6n(-c6cc(C(C)(C)C)ccn6)c5c4)c3)cc2)c1)C(C)C. The van der Waals surface area contributed by atoms with E-state index in [9.17, 15) is 0 Å².